The van der Waals surface area contributed by atoms with Crippen LogP contribution in [0.25, 0.3) is 0 Å². The van der Waals surface area contributed by atoms with Crippen molar-refractivity contribution in [2.45, 2.75) is 31.4 Å². The highest BCUT2D eigenvalue weighted by atomic mass is 32.2. The summed E-state index contributed by atoms with van der Waals surface area (Å²) in [5, 5.41) is 20.5. The summed E-state index contributed by atoms with van der Waals surface area (Å²) >= 11 is 2.58. The van der Waals surface area contributed by atoms with Crippen LogP contribution in [0.3, 0.4) is 0 Å². The van der Waals surface area contributed by atoms with E-state index >= 15 is 0 Å². The SMILES string of the molecule is CC(C)c1nnc(NC(=O)CSc2nnc(Cc3ccccc3)o2)s1. The summed E-state index contributed by atoms with van der Waals surface area (Å²) in [7, 11) is 0. The summed E-state index contributed by atoms with van der Waals surface area (Å²) in [6, 6.07) is 9.88. The monoisotopic (exact) mass is 375 g/mol. The molecule has 1 N–H and O–H groups in total. The third-order valence-electron chi connectivity index (χ3n) is 3.15. The van der Waals surface area contributed by atoms with Crippen LogP contribution in [0.4, 0.5) is 5.13 Å². The summed E-state index contributed by atoms with van der Waals surface area (Å²) < 4.78 is 5.56. The first-order valence-electron chi connectivity index (χ1n) is 7.72. The molecule has 25 heavy (non-hydrogen) atoms. The minimum Gasteiger partial charge on any atom is -0.416 e. The van der Waals surface area contributed by atoms with E-state index < -0.39 is 0 Å². The van der Waals surface area contributed by atoms with Gasteiger partial charge in [0.15, 0.2) is 0 Å². The van der Waals surface area contributed by atoms with Crippen LogP contribution in [-0.4, -0.2) is 32.1 Å². The highest BCUT2D eigenvalue weighted by molar-refractivity contribution is 7.99. The first-order valence-corrected chi connectivity index (χ1v) is 9.52. The van der Waals surface area contributed by atoms with Crippen molar-refractivity contribution in [2.24, 2.45) is 0 Å². The molecular weight excluding hydrogens is 358 g/mol. The predicted molar refractivity (Wildman–Crippen MR) is 96.9 cm³/mol. The molecule has 0 saturated carbocycles. The third-order valence-corrected chi connectivity index (χ3v) is 5.11. The van der Waals surface area contributed by atoms with E-state index in [1.807, 2.05) is 44.2 Å². The van der Waals surface area contributed by atoms with Gasteiger partial charge < -0.3 is 4.42 Å². The smallest absolute Gasteiger partial charge is 0.277 e. The van der Waals surface area contributed by atoms with Gasteiger partial charge in [-0.15, -0.1) is 20.4 Å². The van der Waals surface area contributed by atoms with Crippen LogP contribution in [0.15, 0.2) is 40.0 Å². The van der Waals surface area contributed by atoms with Crippen molar-refractivity contribution < 1.29 is 9.21 Å². The Morgan fingerprint density at radius 3 is 2.72 bits per heavy atom. The molecule has 0 fully saturated rings. The van der Waals surface area contributed by atoms with E-state index in [2.05, 4.69) is 25.7 Å². The molecule has 0 bridgehead atoms. The molecule has 1 amide bonds. The Morgan fingerprint density at radius 1 is 1.20 bits per heavy atom. The van der Waals surface area contributed by atoms with Crippen LogP contribution < -0.4 is 5.32 Å². The first-order chi connectivity index (χ1) is 12.1. The number of carbonyl (C=O) groups is 1. The average molecular weight is 375 g/mol. The molecule has 0 unspecified atom stereocenters. The second-order valence-corrected chi connectivity index (χ2v) is 7.50. The second kappa shape index (κ2) is 8.21. The summed E-state index contributed by atoms with van der Waals surface area (Å²) in [5.74, 6) is 0.807. The molecule has 0 radical (unpaired) electrons. The number of nitrogens with zero attached hydrogens (tertiary/aromatic N) is 4. The highest BCUT2D eigenvalue weighted by Gasteiger charge is 2.13. The fourth-order valence-corrected chi connectivity index (χ4v) is 3.28. The lowest BCUT2D eigenvalue weighted by Crippen LogP contribution is -2.13. The number of nitrogens with one attached hydrogen (secondary N) is 1. The Bertz CT molecular complexity index is 832. The fourth-order valence-electron chi connectivity index (χ4n) is 1.94. The lowest BCUT2D eigenvalue weighted by atomic mass is 10.2. The number of carbonyl (C=O) groups excluding carboxylic acids is 1. The molecule has 3 rings (SSSR count). The van der Waals surface area contributed by atoms with Crippen molar-refractivity contribution in [3.05, 3.63) is 46.8 Å². The van der Waals surface area contributed by atoms with Crippen molar-refractivity contribution in [3.63, 3.8) is 0 Å². The molecule has 2 heterocycles. The van der Waals surface area contributed by atoms with Gasteiger partial charge in [0.05, 0.1) is 12.2 Å². The summed E-state index contributed by atoms with van der Waals surface area (Å²) in [5.41, 5.74) is 1.10. The highest BCUT2D eigenvalue weighted by Crippen LogP contribution is 2.23. The van der Waals surface area contributed by atoms with Crippen LogP contribution >= 0.6 is 23.1 Å². The zero-order valence-electron chi connectivity index (χ0n) is 13.8. The van der Waals surface area contributed by atoms with E-state index in [4.69, 9.17) is 4.42 Å². The number of anilines is 1. The Hall–Kier alpha value is -2.26. The number of thioether (sulfide) groups is 1. The van der Waals surface area contributed by atoms with E-state index in [1.54, 1.807) is 0 Å². The van der Waals surface area contributed by atoms with Gasteiger partial charge in [-0.2, -0.15) is 0 Å². The number of rotatable bonds is 7. The Kier molecular flexibility index (Phi) is 5.77. The largest absolute Gasteiger partial charge is 0.416 e. The topological polar surface area (TPSA) is 93.8 Å². The Balaban J connectivity index is 1.49. The molecule has 3 aromatic rings. The van der Waals surface area contributed by atoms with Crippen LogP contribution in [0, 0.1) is 0 Å². The summed E-state index contributed by atoms with van der Waals surface area (Å²) in [6.45, 7) is 4.06. The van der Waals surface area contributed by atoms with E-state index in [0.29, 0.717) is 28.6 Å². The van der Waals surface area contributed by atoms with Crippen molar-refractivity contribution in [2.75, 3.05) is 11.1 Å². The molecule has 130 valence electrons. The van der Waals surface area contributed by atoms with Gasteiger partial charge in [-0.05, 0) is 5.56 Å². The van der Waals surface area contributed by atoms with Gasteiger partial charge >= 0.3 is 0 Å². The number of hydrogen-bond donors (Lipinski definition) is 1. The number of aromatic nitrogens is 4. The van der Waals surface area contributed by atoms with Crippen LogP contribution in [0.1, 0.15) is 36.2 Å². The molecule has 0 aliphatic heterocycles. The molecule has 0 aliphatic rings. The first kappa shape index (κ1) is 17.6. The maximum atomic E-state index is 12.0. The Labute approximate surface area is 153 Å². The van der Waals surface area contributed by atoms with Gasteiger partial charge in [0.1, 0.15) is 5.01 Å². The number of hydrogen-bond acceptors (Lipinski definition) is 8. The minimum absolute atomic E-state index is 0.170. The quantitative estimate of drug-likeness (QED) is 0.633. The zero-order chi connectivity index (χ0) is 17.6. The maximum Gasteiger partial charge on any atom is 0.277 e. The standard InChI is InChI=1S/C16H17N5O2S2/c1-10(2)14-19-20-15(25-14)17-12(22)9-24-16-21-18-13(23-16)8-11-6-4-3-5-7-11/h3-7,10H,8-9H2,1-2H3,(H,17,20,22). The van der Waals surface area contributed by atoms with Crippen LogP contribution in [0.2, 0.25) is 0 Å². The maximum absolute atomic E-state index is 12.0. The lowest BCUT2D eigenvalue weighted by molar-refractivity contribution is -0.113. The fraction of sp³-hybridized carbons (Fsp3) is 0.312. The number of benzene rings is 1. The minimum atomic E-state index is -0.181. The average Bonchev–Trinajstić information content (AvgIpc) is 3.23. The lowest BCUT2D eigenvalue weighted by Gasteiger charge is -1.98. The van der Waals surface area contributed by atoms with E-state index in [9.17, 15) is 4.79 Å². The molecule has 2 aromatic heterocycles. The molecule has 7 nitrogen and oxygen atoms in total. The molecule has 0 spiro atoms. The van der Waals surface area contributed by atoms with Gasteiger partial charge in [0.25, 0.3) is 5.22 Å². The van der Waals surface area contributed by atoms with Crippen molar-refractivity contribution in [1.82, 2.24) is 20.4 Å². The molecule has 0 atom stereocenters. The van der Waals surface area contributed by atoms with Crippen LogP contribution in [-0.2, 0) is 11.2 Å². The van der Waals surface area contributed by atoms with Gasteiger partial charge in [0, 0.05) is 5.92 Å². The normalized spacial score (nSPS) is 11.0. The van der Waals surface area contributed by atoms with Crippen LogP contribution in [0.5, 0.6) is 0 Å². The molecule has 9 heteroatoms. The van der Waals surface area contributed by atoms with Gasteiger partial charge in [0.2, 0.25) is 16.9 Å². The second-order valence-electron chi connectivity index (χ2n) is 5.56. The van der Waals surface area contributed by atoms with E-state index in [-0.39, 0.29) is 11.7 Å². The summed E-state index contributed by atoms with van der Waals surface area (Å²) in [6.07, 6.45) is 0.573. The predicted octanol–water partition coefficient (Wildman–Crippen LogP) is 3.37. The van der Waals surface area contributed by atoms with Crippen molar-refractivity contribution in [3.8, 4) is 0 Å². The van der Waals surface area contributed by atoms with Gasteiger partial charge in [-0.25, -0.2) is 0 Å². The van der Waals surface area contributed by atoms with Gasteiger partial charge in [-0.1, -0.05) is 67.3 Å². The van der Waals surface area contributed by atoms with Gasteiger partial charge in [-0.3, -0.25) is 10.1 Å². The summed E-state index contributed by atoms with van der Waals surface area (Å²) in [4.78, 5) is 12.0. The molecular formula is C16H17N5O2S2. The van der Waals surface area contributed by atoms with Crippen molar-refractivity contribution >= 4 is 34.1 Å². The number of amides is 1. The van der Waals surface area contributed by atoms with Crippen molar-refractivity contribution in [1.29, 1.82) is 0 Å². The molecule has 0 aliphatic carbocycles. The van der Waals surface area contributed by atoms with E-state index in [1.165, 1.54) is 23.1 Å². The molecule has 1 aromatic carbocycles. The Morgan fingerprint density at radius 2 is 2.00 bits per heavy atom. The van der Waals surface area contributed by atoms with E-state index in [0.717, 1.165) is 10.6 Å². The zero-order valence-corrected chi connectivity index (χ0v) is 15.4. The third kappa shape index (κ3) is 5.10. The molecule has 0 saturated heterocycles.